The maximum Gasteiger partial charge on any atom is 0.0737 e. The Hall–Kier alpha value is -6.52. The molecule has 0 unspecified atom stereocenters. The van der Waals surface area contributed by atoms with Gasteiger partial charge in [-0.3, -0.25) is 0 Å². The first-order chi connectivity index (χ1) is 23.8. The molecule has 0 saturated carbocycles. The van der Waals surface area contributed by atoms with Crippen molar-refractivity contribution in [3.8, 4) is 11.4 Å². The minimum absolute atomic E-state index is 1.10. The van der Waals surface area contributed by atoms with Crippen LogP contribution in [-0.4, -0.2) is 13.8 Å². The highest BCUT2D eigenvalue weighted by atomic mass is 15.6. The van der Waals surface area contributed by atoms with Crippen molar-refractivity contribution in [1.82, 2.24) is 13.8 Å². The number of anilines is 2. The molecule has 4 heteroatoms. The lowest BCUT2D eigenvalue weighted by atomic mass is 10.1. The fraction of sp³-hybridized carbons (Fsp3) is 0. The van der Waals surface area contributed by atoms with Crippen LogP contribution in [0.25, 0.3) is 65.9 Å². The van der Waals surface area contributed by atoms with Gasteiger partial charge in [0, 0.05) is 44.5 Å². The van der Waals surface area contributed by atoms with Crippen molar-refractivity contribution in [2.75, 3.05) is 5.01 Å². The second-order valence-electron chi connectivity index (χ2n) is 12.3. The van der Waals surface area contributed by atoms with Gasteiger partial charge in [0.2, 0.25) is 0 Å². The van der Waals surface area contributed by atoms with Crippen LogP contribution in [0.3, 0.4) is 0 Å². The van der Waals surface area contributed by atoms with Gasteiger partial charge in [-0.1, -0.05) is 91.0 Å². The average Bonchev–Trinajstić information content (AvgIpc) is 3.81. The largest absolute Gasteiger partial charge is 0.316 e. The number of hydrogen-bond donors (Lipinski definition) is 0. The van der Waals surface area contributed by atoms with Crippen LogP contribution in [0.1, 0.15) is 0 Å². The van der Waals surface area contributed by atoms with Gasteiger partial charge in [-0.25, -0.2) is 9.69 Å². The Morgan fingerprint density at radius 2 is 0.875 bits per heavy atom. The molecule has 3 heterocycles. The molecule has 0 bridgehead atoms. The van der Waals surface area contributed by atoms with E-state index in [0.717, 1.165) is 33.8 Å². The highest BCUT2D eigenvalue weighted by Crippen LogP contribution is 2.42. The van der Waals surface area contributed by atoms with Crippen molar-refractivity contribution in [3.63, 3.8) is 0 Å². The highest BCUT2D eigenvalue weighted by Gasteiger charge is 2.22. The summed E-state index contributed by atoms with van der Waals surface area (Å²) in [7, 11) is 0. The number of nitrogens with zero attached hydrogens (tertiary/aromatic N) is 4. The zero-order chi connectivity index (χ0) is 31.6. The van der Waals surface area contributed by atoms with Crippen LogP contribution in [0.4, 0.5) is 11.4 Å². The fourth-order valence-corrected chi connectivity index (χ4v) is 7.49. The number of para-hydroxylation sites is 5. The van der Waals surface area contributed by atoms with Crippen LogP contribution >= 0.6 is 0 Å². The predicted octanol–water partition coefficient (Wildman–Crippen LogP) is 11.4. The normalized spacial score (nSPS) is 11.8. The molecule has 226 valence electrons. The maximum absolute atomic E-state index is 2.43. The van der Waals surface area contributed by atoms with Crippen LogP contribution in [0.2, 0.25) is 0 Å². The molecule has 0 atom stereocenters. The summed E-state index contributed by atoms with van der Waals surface area (Å²) in [6.07, 6.45) is 2.18. The van der Waals surface area contributed by atoms with Gasteiger partial charge in [0.15, 0.2) is 0 Å². The van der Waals surface area contributed by atoms with Crippen molar-refractivity contribution in [2.24, 2.45) is 0 Å². The van der Waals surface area contributed by atoms with Gasteiger partial charge in [0.05, 0.1) is 39.0 Å². The summed E-state index contributed by atoms with van der Waals surface area (Å²) in [5.74, 6) is 0. The molecule has 0 aliphatic rings. The van der Waals surface area contributed by atoms with Crippen LogP contribution in [0.15, 0.2) is 182 Å². The summed E-state index contributed by atoms with van der Waals surface area (Å²) in [4.78, 5) is 0. The molecule has 4 nitrogen and oxygen atoms in total. The van der Waals surface area contributed by atoms with Crippen molar-refractivity contribution in [3.05, 3.63) is 182 Å². The van der Waals surface area contributed by atoms with Crippen LogP contribution in [-0.2, 0) is 0 Å². The van der Waals surface area contributed by atoms with E-state index in [1.54, 1.807) is 0 Å². The Morgan fingerprint density at radius 3 is 1.54 bits per heavy atom. The molecule has 0 spiro atoms. The standard InChI is InChI=1S/C44H30N4/c1-5-15-32(16-6-1)45-26-25-31-27-37-39-28-38-36-23-13-14-24-40(36)48(47(34-19-9-3-10-20-34)35-21-11-4-12-22-35)44(38)30-43(39)46(42(37)29-41(31)45)33-17-7-2-8-18-33/h1-30H. The first kappa shape index (κ1) is 26.7. The monoisotopic (exact) mass is 614 g/mol. The van der Waals surface area contributed by atoms with Gasteiger partial charge in [0.25, 0.3) is 0 Å². The summed E-state index contributed by atoms with van der Waals surface area (Å²) in [6, 6.07) is 63.2. The topological polar surface area (TPSA) is 18.0 Å². The molecule has 7 aromatic carbocycles. The third-order valence-corrected chi connectivity index (χ3v) is 9.59. The molecule has 10 rings (SSSR count). The zero-order valence-electron chi connectivity index (χ0n) is 26.1. The smallest absolute Gasteiger partial charge is 0.0737 e. The average molecular weight is 615 g/mol. The van der Waals surface area contributed by atoms with Gasteiger partial charge in [-0.2, -0.15) is 0 Å². The maximum atomic E-state index is 2.43. The highest BCUT2D eigenvalue weighted by molar-refractivity contribution is 6.20. The molecule has 0 fully saturated rings. The zero-order valence-corrected chi connectivity index (χ0v) is 26.1. The molecule has 0 amide bonds. The number of benzene rings is 7. The second kappa shape index (κ2) is 10.5. The molecule has 48 heavy (non-hydrogen) atoms. The van der Waals surface area contributed by atoms with Gasteiger partial charge < -0.3 is 9.13 Å². The molecule has 0 saturated heterocycles. The number of aromatic nitrogens is 3. The molecule has 3 aromatic heterocycles. The first-order valence-corrected chi connectivity index (χ1v) is 16.4. The van der Waals surface area contributed by atoms with E-state index >= 15 is 0 Å². The summed E-state index contributed by atoms with van der Waals surface area (Å²) < 4.78 is 7.11. The summed E-state index contributed by atoms with van der Waals surface area (Å²) in [5, 5.41) is 8.49. The second-order valence-corrected chi connectivity index (χ2v) is 12.3. The van der Waals surface area contributed by atoms with Crippen molar-refractivity contribution in [2.45, 2.75) is 0 Å². The van der Waals surface area contributed by atoms with Gasteiger partial charge >= 0.3 is 0 Å². The van der Waals surface area contributed by atoms with E-state index in [0.29, 0.717) is 0 Å². The lowest BCUT2D eigenvalue weighted by Gasteiger charge is -2.28. The minimum atomic E-state index is 1.10. The Labute approximate surface area is 277 Å². The van der Waals surface area contributed by atoms with E-state index in [9.17, 15) is 0 Å². The quantitative estimate of drug-likeness (QED) is 0.189. The van der Waals surface area contributed by atoms with E-state index in [1.165, 1.54) is 43.5 Å². The van der Waals surface area contributed by atoms with E-state index in [2.05, 4.69) is 201 Å². The van der Waals surface area contributed by atoms with E-state index in [1.807, 2.05) is 0 Å². The number of rotatable bonds is 5. The third kappa shape index (κ3) is 3.96. The number of hydrogen-bond acceptors (Lipinski definition) is 1. The van der Waals surface area contributed by atoms with Crippen molar-refractivity contribution < 1.29 is 0 Å². The fourth-order valence-electron chi connectivity index (χ4n) is 7.49. The molecule has 0 N–H and O–H groups in total. The molecular weight excluding hydrogens is 585 g/mol. The number of fused-ring (bicyclic) bond motifs is 7. The summed E-state index contributed by atoms with van der Waals surface area (Å²) in [5.41, 5.74) is 10.3. The van der Waals surface area contributed by atoms with Crippen LogP contribution < -0.4 is 5.01 Å². The van der Waals surface area contributed by atoms with Crippen molar-refractivity contribution >= 4 is 65.9 Å². The molecular formula is C44H30N4. The molecule has 10 aromatic rings. The van der Waals surface area contributed by atoms with E-state index in [-0.39, 0.29) is 0 Å². The summed E-state index contributed by atoms with van der Waals surface area (Å²) in [6.45, 7) is 0. The lowest BCUT2D eigenvalue weighted by Crippen LogP contribution is -2.23. The Morgan fingerprint density at radius 1 is 0.354 bits per heavy atom. The van der Waals surface area contributed by atoms with Crippen molar-refractivity contribution in [1.29, 1.82) is 0 Å². The molecule has 0 aliphatic heterocycles. The lowest BCUT2D eigenvalue weighted by molar-refractivity contribution is 0.886. The van der Waals surface area contributed by atoms with E-state index < -0.39 is 0 Å². The van der Waals surface area contributed by atoms with E-state index in [4.69, 9.17) is 0 Å². The predicted molar refractivity (Wildman–Crippen MR) is 201 cm³/mol. The van der Waals surface area contributed by atoms with Gasteiger partial charge in [-0.15, -0.1) is 0 Å². The SMILES string of the molecule is c1ccc(N(c2ccccc2)n2c3ccccc3c3cc4c5cc6ccn(-c7ccccc7)c6cc5n(-c5ccccc5)c4cc32)cc1. The Balaban J connectivity index is 1.35. The Bertz CT molecular complexity index is 2720. The van der Waals surface area contributed by atoms with Crippen LogP contribution in [0, 0.1) is 0 Å². The third-order valence-electron chi connectivity index (χ3n) is 9.59. The Kier molecular flexibility index (Phi) is 5.84. The van der Waals surface area contributed by atoms with Gasteiger partial charge in [-0.05, 0) is 84.9 Å². The van der Waals surface area contributed by atoms with Gasteiger partial charge in [0.1, 0.15) is 0 Å². The summed E-state index contributed by atoms with van der Waals surface area (Å²) >= 11 is 0. The van der Waals surface area contributed by atoms with Crippen LogP contribution in [0.5, 0.6) is 0 Å². The first-order valence-electron chi connectivity index (χ1n) is 16.4. The molecule has 0 radical (unpaired) electrons. The minimum Gasteiger partial charge on any atom is -0.316 e. The molecule has 0 aliphatic carbocycles.